The molecule has 0 aliphatic heterocycles. The Bertz CT molecular complexity index is 903. The van der Waals surface area contributed by atoms with Crippen LogP contribution in [0, 0.1) is 22.0 Å². The summed E-state index contributed by atoms with van der Waals surface area (Å²) in [6.07, 6.45) is 0.338. The summed E-state index contributed by atoms with van der Waals surface area (Å²) < 4.78 is 9.68. The van der Waals surface area contributed by atoms with Crippen molar-refractivity contribution in [2.45, 2.75) is 46.2 Å². The summed E-state index contributed by atoms with van der Waals surface area (Å²) in [5.74, 6) is -3.28. The van der Waals surface area contributed by atoms with Crippen LogP contribution in [-0.4, -0.2) is 54.5 Å². The standard InChI is InChI=1S/C21H28ClN3O8/c1-11(2)8-15(20(28)32-5)23-17(26)10-33-21(29)18(12(3)4)24-19(27)13-6-7-14(22)16(9-13)25(30)31/h6-7,9,11-12,15,18H,8,10H2,1-5H3,(H,23,26)(H,24,27)/t15?,18-/m0/s1. The maximum Gasteiger partial charge on any atom is 0.329 e. The van der Waals surface area contributed by atoms with Gasteiger partial charge in [0.25, 0.3) is 17.5 Å². The molecule has 0 bridgehead atoms. The molecule has 0 saturated heterocycles. The minimum atomic E-state index is -1.13. The van der Waals surface area contributed by atoms with Crippen molar-refractivity contribution >= 4 is 41.0 Å². The number of halogens is 1. The lowest BCUT2D eigenvalue weighted by Crippen LogP contribution is -2.47. The first-order valence-corrected chi connectivity index (χ1v) is 10.5. The minimum absolute atomic E-state index is 0.0723. The fourth-order valence-corrected chi connectivity index (χ4v) is 2.99. The van der Waals surface area contributed by atoms with E-state index in [2.05, 4.69) is 15.4 Å². The zero-order valence-electron chi connectivity index (χ0n) is 19.0. The van der Waals surface area contributed by atoms with Crippen LogP contribution in [0.5, 0.6) is 0 Å². The summed E-state index contributed by atoms with van der Waals surface area (Å²) in [6, 6.07) is 1.46. The van der Waals surface area contributed by atoms with E-state index in [9.17, 15) is 29.3 Å². The molecule has 0 aromatic heterocycles. The summed E-state index contributed by atoms with van der Waals surface area (Å²) in [6.45, 7) is 6.36. The molecule has 33 heavy (non-hydrogen) atoms. The lowest BCUT2D eigenvalue weighted by Gasteiger charge is -2.21. The SMILES string of the molecule is COC(=O)C(CC(C)C)NC(=O)COC(=O)[C@@H](NC(=O)c1ccc(Cl)c([N+](=O)[O-])c1)C(C)C. The number of hydrogen-bond acceptors (Lipinski definition) is 8. The molecule has 0 heterocycles. The molecule has 0 fully saturated rings. The third-order valence-electron chi connectivity index (χ3n) is 4.49. The van der Waals surface area contributed by atoms with Crippen molar-refractivity contribution in [2.24, 2.45) is 11.8 Å². The molecule has 0 saturated carbocycles. The number of nitrogens with one attached hydrogen (secondary N) is 2. The van der Waals surface area contributed by atoms with Gasteiger partial charge in [-0.3, -0.25) is 19.7 Å². The number of amides is 2. The van der Waals surface area contributed by atoms with Crippen LogP contribution in [0.3, 0.4) is 0 Å². The van der Waals surface area contributed by atoms with Crippen molar-refractivity contribution < 1.29 is 33.6 Å². The molecule has 0 radical (unpaired) electrons. The molecule has 12 heteroatoms. The third-order valence-corrected chi connectivity index (χ3v) is 4.81. The summed E-state index contributed by atoms with van der Waals surface area (Å²) in [5, 5.41) is 15.8. The van der Waals surface area contributed by atoms with Gasteiger partial charge < -0.3 is 20.1 Å². The predicted molar refractivity (Wildman–Crippen MR) is 119 cm³/mol. The molecular formula is C21H28ClN3O8. The summed E-state index contributed by atoms with van der Waals surface area (Å²) in [7, 11) is 1.20. The second kappa shape index (κ2) is 12.7. The number of ether oxygens (including phenoxy) is 2. The zero-order valence-corrected chi connectivity index (χ0v) is 19.8. The molecule has 2 N–H and O–H groups in total. The molecular weight excluding hydrogens is 458 g/mol. The van der Waals surface area contributed by atoms with E-state index in [1.165, 1.54) is 19.2 Å². The first-order valence-electron chi connectivity index (χ1n) is 10.2. The average Bonchev–Trinajstić information content (AvgIpc) is 2.74. The van der Waals surface area contributed by atoms with E-state index >= 15 is 0 Å². The molecule has 1 aromatic rings. The largest absolute Gasteiger partial charge is 0.467 e. The van der Waals surface area contributed by atoms with Crippen LogP contribution in [0.4, 0.5) is 5.69 Å². The number of nitro groups is 1. The van der Waals surface area contributed by atoms with Gasteiger partial charge in [0.2, 0.25) is 0 Å². The number of nitrogens with zero attached hydrogens (tertiary/aromatic N) is 1. The number of carbonyl (C=O) groups excluding carboxylic acids is 4. The zero-order chi connectivity index (χ0) is 25.3. The minimum Gasteiger partial charge on any atom is -0.467 e. The number of carbonyl (C=O) groups is 4. The highest BCUT2D eigenvalue weighted by molar-refractivity contribution is 6.32. The van der Waals surface area contributed by atoms with Crippen LogP contribution in [0.2, 0.25) is 5.02 Å². The maximum absolute atomic E-state index is 12.5. The molecule has 11 nitrogen and oxygen atoms in total. The van der Waals surface area contributed by atoms with Crippen molar-refractivity contribution in [3.63, 3.8) is 0 Å². The van der Waals surface area contributed by atoms with Crippen molar-refractivity contribution in [1.82, 2.24) is 10.6 Å². The quantitative estimate of drug-likeness (QED) is 0.275. The van der Waals surface area contributed by atoms with Gasteiger partial charge in [0, 0.05) is 11.6 Å². The second-order valence-electron chi connectivity index (χ2n) is 8.00. The molecule has 182 valence electrons. The van der Waals surface area contributed by atoms with Gasteiger partial charge in [0.15, 0.2) is 6.61 Å². The van der Waals surface area contributed by atoms with Crippen LogP contribution >= 0.6 is 11.6 Å². The molecule has 0 aliphatic rings. The van der Waals surface area contributed by atoms with Gasteiger partial charge >= 0.3 is 11.9 Å². The highest BCUT2D eigenvalue weighted by Gasteiger charge is 2.29. The molecule has 2 amide bonds. The number of hydrogen-bond donors (Lipinski definition) is 2. The van der Waals surface area contributed by atoms with Crippen molar-refractivity contribution in [1.29, 1.82) is 0 Å². The molecule has 2 atom stereocenters. The molecule has 1 unspecified atom stereocenters. The fraction of sp³-hybridized carbons (Fsp3) is 0.524. The Morgan fingerprint density at radius 1 is 1.09 bits per heavy atom. The highest BCUT2D eigenvalue weighted by atomic mass is 35.5. The number of rotatable bonds is 11. The Balaban J connectivity index is 2.80. The van der Waals surface area contributed by atoms with Crippen molar-refractivity contribution in [3.05, 3.63) is 38.9 Å². The smallest absolute Gasteiger partial charge is 0.329 e. The van der Waals surface area contributed by atoms with E-state index < -0.39 is 59.0 Å². The van der Waals surface area contributed by atoms with E-state index in [-0.39, 0.29) is 16.5 Å². The van der Waals surface area contributed by atoms with Gasteiger partial charge in [0.05, 0.1) is 12.0 Å². The Labute approximate surface area is 196 Å². The Hall–Kier alpha value is -3.21. The first kappa shape index (κ1) is 27.8. The van der Waals surface area contributed by atoms with Crippen LogP contribution in [0.15, 0.2) is 18.2 Å². The molecule has 0 aliphatic carbocycles. The Morgan fingerprint density at radius 2 is 1.73 bits per heavy atom. The fourth-order valence-electron chi connectivity index (χ4n) is 2.81. The lowest BCUT2D eigenvalue weighted by atomic mass is 10.0. The van der Waals surface area contributed by atoms with Gasteiger partial charge in [0.1, 0.15) is 17.1 Å². The van der Waals surface area contributed by atoms with Crippen molar-refractivity contribution in [3.8, 4) is 0 Å². The van der Waals surface area contributed by atoms with Gasteiger partial charge in [-0.1, -0.05) is 39.3 Å². The summed E-state index contributed by atoms with van der Waals surface area (Å²) >= 11 is 5.75. The first-order chi connectivity index (χ1) is 15.4. The van der Waals surface area contributed by atoms with Gasteiger partial charge in [-0.25, -0.2) is 9.59 Å². The lowest BCUT2D eigenvalue weighted by molar-refractivity contribution is -0.384. The van der Waals surface area contributed by atoms with Crippen LogP contribution in [0.1, 0.15) is 44.5 Å². The number of benzene rings is 1. The highest BCUT2D eigenvalue weighted by Crippen LogP contribution is 2.25. The molecule has 0 spiro atoms. The molecule has 1 aromatic carbocycles. The second-order valence-corrected chi connectivity index (χ2v) is 8.41. The van der Waals surface area contributed by atoms with E-state index in [4.69, 9.17) is 16.3 Å². The normalized spacial score (nSPS) is 12.6. The Kier molecular flexibility index (Phi) is 10.7. The van der Waals surface area contributed by atoms with Gasteiger partial charge in [-0.05, 0) is 30.4 Å². The predicted octanol–water partition coefficient (Wildman–Crippen LogP) is 2.25. The average molecular weight is 486 g/mol. The van der Waals surface area contributed by atoms with Crippen molar-refractivity contribution in [2.75, 3.05) is 13.7 Å². The van der Waals surface area contributed by atoms with E-state index in [0.717, 1.165) is 6.07 Å². The van der Waals surface area contributed by atoms with E-state index in [1.54, 1.807) is 13.8 Å². The van der Waals surface area contributed by atoms with Gasteiger partial charge in [-0.2, -0.15) is 0 Å². The monoisotopic (exact) mass is 485 g/mol. The van der Waals surface area contributed by atoms with Crippen LogP contribution < -0.4 is 10.6 Å². The Morgan fingerprint density at radius 3 is 2.24 bits per heavy atom. The number of methoxy groups -OCH3 is 1. The maximum atomic E-state index is 12.5. The number of nitro benzene ring substituents is 1. The van der Waals surface area contributed by atoms with Crippen LogP contribution in [-0.2, 0) is 23.9 Å². The van der Waals surface area contributed by atoms with Gasteiger partial charge in [-0.15, -0.1) is 0 Å². The van der Waals surface area contributed by atoms with E-state index in [0.29, 0.717) is 6.42 Å². The summed E-state index contributed by atoms with van der Waals surface area (Å²) in [5.41, 5.74) is -0.525. The van der Waals surface area contributed by atoms with E-state index in [1.807, 2.05) is 13.8 Å². The molecule has 1 rings (SSSR count). The van der Waals surface area contributed by atoms with Crippen LogP contribution in [0.25, 0.3) is 0 Å². The number of esters is 2. The topological polar surface area (TPSA) is 154 Å². The third kappa shape index (κ3) is 8.68. The summed E-state index contributed by atoms with van der Waals surface area (Å²) in [4.78, 5) is 59.3.